The van der Waals surface area contributed by atoms with E-state index in [1.165, 1.54) is 41.4 Å². The minimum Gasteiger partial charge on any atom is -0.355 e. The smallest absolute Gasteiger partial charge is 0.130 e. The van der Waals surface area contributed by atoms with Gasteiger partial charge in [-0.3, -0.25) is 5.14 Å². The van der Waals surface area contributed by atoms with Crippen LogP contribution in [0.2, 0.25) is 0 Å². The zero-order chi connectivity index (χ0) is 22.4. The Morgan fingerprint density at radius 1 is 1.19 bits per heavy atom. The van der Waals surface area contributed by atoms with Crippen molar-refractivity contribution in [2.75, 3.05) is 11.1 Å². The fraction of sp³-hybridized carbons (Fsp3) is 0.280. The van der Waals surface area contributed by atoms with Gasteiger partial charge >= 0.3 is 0 Å². The number of aldehydes is 1. The molecule has 3 rings (SSSR count). The number of anilines is 1. The van der Waals surface area contributed by atoms with Crippen molar-refractivity contribution >= 4 is 30.1 Å². The molecule has 2 aromatic rings. The predicted molar refractivity (Wildman–Crippen MR) is 128 cm³/mol. The Labute approximate surface area is 187 Å². The van der Waals surface area contributed by atoms with Gasteiger partial charge in [-0.2, -0.15) is 0 Å². The zero-order valence-corrected chi connectivity index (χ0v) is 18.7. The molecule has 0 spiro atoms. The van der Waals surface area contributed by atoms with Crippen LogP contribution in [-0.2, 0) is 11.2 Å². The van der Waals surface area contributed by atoms with Crippen molar-refractivity contribution in [1.29, 1.82) is 5.41 Å². The van der Waals surface area contributed by atoms with Crippen LogP contribution in [0.25, 0.3) is 0 Å². The molecule has 1 atom stereocenters. The first kappa shape index (κ1) is 23.0. The number of allylic oxidation sites excluding steroid dienone is 3. The molecule has 162 valence electrons. The summed E-state index contributed by atoms with van der Waals surface area (Å²) in [6, 6.07) is 12.4. The molecule has 0 fully saturated rings. The second-order valence-electron chi connectivity index (χ2n) is 8.05. The minimum atomic E-state index is -0.724. The second-order valence-corrected chi connectivity index (χ2v) is 8.79. The van der Waals surface area contributed by atoms with Gasteiger partial charge in [0, 0.05) is 23.4 Å². The highest BCUT2D eigenvalue weighted by Crippen LogP contribution is 2.43. The van der Waals surface area contributed by atoms with Gasteiger partial charge in [0.2, 0.25) is 0 Å². The summed E-state index contributed by atoms with van der Waals surface area (Å²) < 4.78 is 13.3. The van der Waals surface area contributed by atoms with Crippen LogP contribution in [0, 0.1) is 30.5 Å². The van der Waals surface area contributed by atoms with E-state index in [9.17, 15) is 9.18 Å². The summed E-state index contributed by atoms with van der Waals surface area (Å²) in [5.41, 5.74) is 6.01. The SMILES string of the molecule is Cc1ccc(CC2(C=O)CC(C=N)=C(Nc3ccc(F)cc3)C=C2CCSN)cc1C. The summed E-state index contributed by atoms with van der Waals surface area (Å²) >= 11 is 1.25. The highest BCUT2D eigenvalue weighted by Gasteiger charge is 2.38. The molecule has 1 aliphatic rings. The average Bonchev–Trinajstić information content (AvgIpc) is 2.77. The molecule has 0 aliphatic heterocycles. The number of hydrogen-bond acceptors (Lipinski definition) is 5. The Balaban J connectivity index is 1.99. The van der Waals surface area contributed by atoms with Gasteiger partial charge in [0.1, 0.15) is 12.1 Å². The van der Waals surface area contributed by atoms with Gasteiger partial charge in [-0.1, -0.05) is 35.7 Å². The molecule has 1 unspecified atom stereocenters. The number of nitrogens with one attached hydrogen (secondary N) is 2. The van der Waals surface area contributed by atoms with Crippen molar-refractivity contribution in [3.63, 3.8) is 0 Å². The monoisotopic (exact) mass is 437 g/mol. The molecule has 0 heterocycles. The van der Waals surface area contributed by atoms with Gasteiger partial charge in [-0.25, -0.2) is 4.39 Å². The van der Waals surface area contributed by atoms with Crippen molar-refractivity contribution in [2.45, 2.75) is 33.1 Å². The molecule has 31 heavy (non-hydrogen) atoms. The van der Waals surface area contributed by atoms with Crippen molar-refractivity contribution in [3.8, 4) is 0 Å². The fourth-order valence-electron chi connectivity index (χ4n) is 4.00. The van der Waals surface area contributed by atoms with Crippen LogP contribution < -0.4 is 10.5 Å². The molecule has 4 nitrogen and oxygen atoms in total. The number of nitrogens with two attached hydrogens (primary N) is 1. The van der Waals surface area contributed by atoms with Crippen LogP contribution in [-0.4, -0.2) is 18.3 Å². The molecular weight excluding hydrogens is 409 g/mol. The number of carbonyl (C=O) groups excluding carboxylic acids is 1. The summed E-state index contributed by atoms with van der Waals surface area (Å²) in [5, 5.41) is 17.0. The Bertz CT molecular complexity index is 1030. The molecule has 6 heteroatoms. The van der Waals surface area contributed by atoms with E-state index >= 15 is 0 Å². The number of benzene rings is 2. The van der Waals surface area contributed by atoms with E-state index in [0.29, 0.717) is 25.0 Å². The van der Waals surface area contributed by atoms with E-state index in [4.69, 9.17) is 10.5 Å². The summed E-state index contributed by atoms with van der Waals surface area (Å²) in [6.45, 7) is 4.14. The third-order valence-corrected chi connectivity index (χ3v) is 6.35. The molecule has 0 saturated heterocycles. The van der Waals surface area contributed by atoms with Crippen molar-refractivity contribution < 1.29 is 9.18 Å². The van der Waals surface area contributed by atoms with Gasteiger partial charge in [0.25, 0.3) is 0 Å². The van der Waals surface area contributed by atoms with E-state index in [0.717, 1.165) is 34.4 Å². The quantitative estimate of drug-likeness (QED) is 0.274. The summed E-state index contributed by atoms with van der Waals surface area (Å²) in [5.74, 6) is 0.387. The predicted octanol–water partition coefficient (Wildman–Crippen LogP) is 5.51. The van der Waals surface area contributed by atoms with Crippen LogP contribution in [0.5, 0.6) is 0 Å². The first-order valence-corrected chi connectivity index (χ1v) is 11.3. The van der Waals surface area contributed by atoms with E-state index in [1.807, 2.05) is 6.08 Å². The van der Waals surface area contributed by atoms with E-state index in [2.05, 4.69) is 37.4 Å². The average molecular weight is 438 g/mol. The standard InChI is InChI=1S/C25H28FN3OS/c1-17-3-4-19(11-18(17)2)13-25(16-30)14-20(15-27)24(12-21(25)9-10-31-28)29-23-7-5-22(26)6-8-23/h3-8,11-12,15-16,27,29H,9-10,13-14,28H2,1-2H3. The van der Waals surface area contributed by atoms with E-state index in [1.54, 1.807) is 12.1 Å². The molecule has 0 bridgehead atoms. The van der Waals surface area contributed by atoms with Gasteiger partial charge in [-0.05, 0) is 85.7 Å². The zero-order valence-electron chi connectivity index (χ0n) is 17.9. The Kier molecular flexibility index (Phi) is 7.46. The maximum Gasteiger partial charge on any atom is 0.130 e. The van der Waals surface area contributed by atoms with Gasteiger partial charge < -0.3 is 15.5 Å². The molecule has 0 amide bonds. The largest absolute Gasteiger partial charge is 0.355 e. The van der Waals surface area contributed by atoms with Crippen LogP contribution in [0.15, 0.2) is 65.4 Å². The lowest BCUT2D eigenvalue weighted by atomic mass is 9.68. The van der Waals surface area contributed by atoms with Crippen LogP contribution >= 0.6 is 11.9 Å². The Morgan fingerprint density at radius 2 is 1.94 bits per heavy atom. The van der Waals surface area contributed by atoms with Gasteiger partial charge in [0.05, 0.1) is 5.41 Å². The first-order valence-electron chi connectivity index (χ1n) is 10.2. The van der Waals surface area contributed by atoms with Crippen molar-refractivity contribution in [3.05, 3.63) is 87.9 Å². The second kappa shape index (κ2) is 10.1. The van der Waals surface area contributed by atoms with Crippen LogP contribution in [0.1, 0.15) is 29.5 Å². The number of halogens is 1. The van der Waals surface area contributed by atoms with Gasteiger partial charge in [-0.15, -0.1) is 0 Å². The lowest BCUT2D eigenvalue weighted by molar-refractivity contribution is -0.114. The summed E-state index contributed by atoms with van der Waals surface area (Å²) in [7, 11) is 0. The van der Waals surface area contributed by atoms with Crippen molar-refractivity contribution in [1.82, 2.24) is 0 Å². The fourth-order valence-corrected chi connectivity index (χ4v) is 4.33. The highest BCUT2D eigenvalue weighted by atomic mass is 32.2. The lowest BCUT2D eigenvalue weighted by Gasteiger charge is -2.36. The van der Waals surface area contributed by atoms with Crippen molar-refractivity contribution in [2.24, 2.45) is 10.6 Å². The third kappa shape index (κ3) is 5.32. The minimum absolute atomic E-state index is 0.306. The lowest BCUT2D eigenvalue weighted by Crippen LogP contribution is -2.33. The molecule has 0 radical (unpaired) electrons. The topological polar surface area (TPSA) is 79.0 Å². The Morgan fingerprint density at radius 3 is 2.55 bits per heavy atom. The highest BCUT2D eigenvalue weighted by molar-refractivity contribution is 7.97. The Hall–Kier alpha value is -2.70. The molecule has 0 saturated carbocycles. The van der Waals surface area contributed by atoms with Crippen LogP contribution in [0.4, 0.5) is 10.1 Å². The number of aryl methyl sites for hydroxylation is 2. The third-order valence-electron chi connectivity index (χ3n) is 5.91. The maximum absolute atomic E-state index is 13.3. The number of hydrogen-bond donors (Lipinski definition) is 3. The molecule has 1 aliphatic carbocycles. The molecule has 4 N–H and O–H groups in total. The number of carbonyl (C=O) groups is 1. The van der Waals surface area contributed by atoms with E-state index in [-0.39, 0.29) is 5.82 Å². The molecular formula is C25H28FN3OS. The summed E-state index contributed by atoms with van der Waals surface area (Å²) in [6.07, 6.45) is 5.98. The number of rotatable bonds is 9. The summed E-state index contributed by atoms with van der Waals surface area (Å²) in [4.78, 5) is 12.5. The molecule has 0 aromatic heterocycles. The van der Waals surface area contributed by atoms with Crippen LogP contribution in [0.3, 0.4) is 0 Å². The normalized spacial score (nSPS) is 18.5. The van der Waals surface area contributed by atoms with Gasteiger partial charge in [0.15, 0.2) is 0 Å². The first-order chi connectivity index (χ1) is 14.9. The maximum atomic E-state index is 13.3. The molecule has 2 aromatic carbocycles. The van der Waals surface area contributed by atoms with E-state index < -0.39 is 5.41 Å².